The van der Waals surface area contributed by atoms with Crippen molar-refractivity contribution in [2.75, 3.05) is 14.2 Å². The number of nitrogens with one attached hydrogen (secondary N) is 2. The Morgan fingerprint density at radius 1 is 0.900 bits per heavy atom. The van der Waals surface area contributed by atoms with Crippen LogP contribution in [0.25, 0.3) is 0 Å². The Morgan fingerprint density at radius 2 is 1.50 bits per heavy atom. The van der Waals surface area contributed by atoms with E-state index in [1.165, 1.54) is 19.8 Å². The van der Waals surface area contributed by atoms with Gasteiger partial charge in [-0.05, 0) is 43.4 Å². The van der Waals surface area contributed by atoms with Gasteiger partial charge in [-0.3, -0.25) is 9.59 Å². The number of rotatable bonds is 10. The number of ether oxygens (including phenoxy) is 2. The Hall–Kier alpha value is -3.02. The lowest BCUT2D eigenvalue weighted by Crippen LogP contribution is -2.51. The van der Waals surface area contributed by atoms with Crippen LogP contribution in [0.2, 0.25) is 0 Å². The molecule has 0 aliphatic heterocycles. The quantitative estimate of drug-likeness (QED) is 0.625. The van der Waals surface area contributed by atoms with Crippen LogP contribution in [-0.4, -0.2) is 38.1 Å². The number of hydrogen-bond acceptors (Lipinski definition) is 4. The van der Waals surface area contributed by atoms with E-state index in [0.29, 0.717) is 17.1 Å². The highest BCUT2D eigenvalue weighted by atomic mass is 16.5. The van der Waals surface area contributed by atoms with E-state index in [1.807, 2.05) is 39.0 Å². The third kappa shape index (κ3) is 6.79. The summed E-state index contributed by atoms with van der Waals surface area (Å²) in [5, 5.41) is 5.88. The summed E-state index contributed by atoms with van der Waals surface area (Å²) in [6, 6.07) is 14.4. The molecule has 6 nitrogen and oxygen atoms in total. The SMILES string of the molecule is COc1cc(OC)cc(C(=O)NC(C(=O)NC(C)CCc2ccccc2)C(C)C)c1. The van der Waals surface area contributed by atoms with Crippen molar-refractivity contribution >= 4 is 11.8 Å². The largest absolute Gasteiger partial charge is 0.497 e. The minimum atomic E-state index is -0.645. The fourth-order valence-corrected chi connectivity index (χ4v) is 3.13. The topological polar surface area (TPSA) is 76.7 Å². The molecule has 0 saturated heterocycles. The van der Waals surface area contributed by atoms with E-state index >= 15 is 0 Å². The molecule has 2 aromatic carbocycles. The van der Waals surface area contributed by atoms with E-state index in [1.54, 1.807) is 18.2 Å². The van der Waals surface area contributed by atoms with Crippen LogP contribution in [0.3, 0.4) is 0 Å². The van der Waals surface area contributed by atoms with Crippen LogP contribution in [0.1, 0.15) is 43.1 Å². The van der Waals surface area contributed by atoms with Gasteiger partial charge in [0.2, 0.25) is 5.91 Å². The molecule has 2 rings (SSSR count). The maximum absolute atomic E-state index is 12.8. The minimum absolute atomic E-state index is 0.00669. The van der Waals surface area contributed by atoms with Gasteiger partial charge in [-0.1, -0.05) is 44.2 Å². The van der Waals surface area contributed by atoms with Crippen molar-refractivity contribution in [1.82, 2.24) is 10.6 Å². The molecule has 2 unspecified atom stereocenters. The smallest absolute Gasteiger partial charge is 0.252 e. The zero-order valence-corrected chi connectivity index (χ0v) is 18.4. The highest BCUT2D eigenvalue weighted by Gasteiger charge is 2.26. The number of carbonyl (C=O) groups excluding carboxylic acids is 2. The van der Waals surface area contributed by atoms with Crippen LogP contribution in [0.4, 0.5) is 0 Å². The Kier molecular flexibility index (Phi) is 8.71. The first-order valence-corrected chi connectivity index (χ1v) is 10.2. The first-order valence-electron chi connectivity index (χ1n) is 10.2. The van der Waals surface area contributed by atoms with Gasteiger partial charge in [-0.15, -0.1) is 0 Å². The lowest BCUT2D eigenvalue weighted by Gasteiger charge is -2.24. The number of hydrogen-bond donors (Lipinski definition) is 2. The summed E-state index contributed by atoms with van der Waals surface area (Å²) in [5.41, 5.74) is 1.61. The average Bonchev–Trinajstić information content (AvgIpc) is 2.75. The lowest BCUT2D eigenvalue weighted by atomic mass is 10.0. The monoisotopic (exact) mass is 412 g/mol. The van der Waals surface area contributed by atoms with Crippen molar-refractivity contribution in [3.8, 4) is 11.5 Å². The lowest BCUT2D eigenvalue weighted by molar-refractivity contribution is -0.124. The zero-order chi connectivity index (χ0) is 22.1. The van der Waals surface area contributed by atoms with Crippen molar-refractivity contribution in [1.29, 1.82) is 0 Å². The van der Waals surface area contributed by atoms with E-state index in [-0.39, 0.29) is 23.8 Å². The fourth-order valence-electron chi connectivity index (χ4n) is 3.13. The molecule has 0 fully saturated rings. The van der Waals surface area contributed by atoms with Crippen molar-refractivity contribution in [3.05, 3.63) is 59.7 Å². The first kappa shape index (κ1) is 23.3. The average molecular weight is 413 g/mol. The molecule has 0 bridgehead atoms. The van der Waals surface area contributed by atoms with Gasteiger partial charge < -0.3 is 20.1 Å². The van der Waals surface area contributed by atoms with E-state index in [2.05, 4.69) is 22.8 Å². The summed E-state index contributed by atoms with van der Waals surface area (Å²) in [6.07, 6.45) is 1.70. The summed E-state index contributed by atoms with van der Waals surface area (Å²) in [4.78, 5) is 25.6. The van der Waals surface area contributed by atoms with Crippen molar-refractivity contribution in [2.24, 2.45) is 5.92 Å². The summed E-state index contributed by atoms with van der Waals surface area (Å²) in [6.45, 7) is 5.80. The summed E-state index contributed by atoms with van der Waals surface area (Å²) in [5.74, 6) is 0.425. The molecule has 0 spiro atoms. The molecule has 0 aliphatic rings. The fraction of sp³-hybridized carbons (Fsp3) is 0.417. The first-order chi connectivity index (χ1) is 14.3. The highest BCUT2D eigenvalue weighted by Crippen LogP contribution is 2.22. The van der Waals surface area contributed by atoms with Gasteiger partial charge in [0.15, 0.2) is 0 Å². The second-order valence-corrected chi connectivity index (χ2v) is 7.73. The second-order valence-electron chi connectivity index (χ2n) is 7.73. The van der Waals surface area contributed by atoms with Crippen LogP contribution >= 0.6 is 0 Å². The van der Waals surface area contributed by atoms with Crippen LogP contribution in [-0.2, 0) is 11.2 Å². The third-order valence-electron chi connectivity index (χ3n) is 4.95. The van der Waals surface area contributed by atoms with Crippen LogP contribution in [0.15, 0.2) is 48.5 Å². The molecule has 0 heterocycles. The van der Waals surface area contributed by atoms with Crippen molar-refractivity contribution < 1.29 is 19.1 Å². The molecule has 162 valence electrons. The molecule has 0 aliphatic carbocycles. The van der Waals surface area contributed by atoms with Gasteiger partial charge >= 0.3 is 0 Å². The highest BCUT2D eigenvalue weighted by molar-refractivity contribution is 5.98. The summed E-state index contributed by atoms with van der Waals surface area (Å²) < 4.78 is 10.4. The summed E-state index contributed by atoms with van der Waals surface area (Å²) in [7, 11) is 3.05. The molecule has 0 saturated carbocycles. The minimum Gasteiger partial charge on any atom is -0.497 e. The summed E-state index contributed by atoms with van der Waals surface area (Å²) >= 11 is 0. The van der Waals surface area contributed by atoms with Gasteiger partial charge in [0.05, 0.1) is 14.2 Å². The molecule has 30 heavy (non-hydrogen) atoms. The standard InChI is InChI=1S/C24H32N2O4/c1-16(2)22(24(28)25-17(3)11-12-18-9-7-6-8-10-18)26-23(27)19-13-20(29-4)15-21(14-19)30-5/h6-10,13-17,22H,11-12H2,1-5H3,(H,25,28)(H,26,27). The normalized spacial score (nSPS) is 12.7. The molecule has 0 radical (unpaired) electrons. The van der Waals surface area contributed by atoms with Gasteiger partial charge in [-0.2, -0.15) is 0 Å². The molecule has 2 amide bonds. The van der Waals surface area contributed by atoms with Crippen LogP contribution in [0.5, 0.6) is 11.5 Å². The predicted molar refractivity (Wildman–Crippen MR) is 118 cm³/mol. The maximum atomic E-state index is 12.8. The van der Waals surface area contributed by atoms with E-state index in [4.69, 9.17) is 9.47 Å². The molecule has 2 aromatic rings. The number of carbonyl (C=O) groups is 2. The Balaban J connectivity index is 2.00. The van der Waals surface area contributed by atoms with Gasteiger partial charge in [-0.25, -0.2) is 0 Å². The Labute approximate surface area is 179 Å². The molecule has 0 aromatic heterocycles. The van der Waals surface area contributed by atoms with E-state index in [0.717, 1.165) is 12.8 Å². The second kappa shape index (κ2) is 11.2. The molecule has 6 heteroatoms. The maximum Gasteiger partial charge on any atom is 0.252 e. The number of benzene rings is 2. The van der Waals surface area contributed by atoms with E-state index < -0.39 is 6.04 Å². The number of aryl methyl sites for hydroxylation is 1. The van der Waals surface area contributed by atoms with Crippen LogP contribution in [0, 0.1) is 5.92 Å². The number of amides is 2. The molecular weight excluding hydrogens is 380 g/mol. The van der Waals surface area contributed by atoms with Gasteiger partial charge in [0.1, 0.15) is 17.5 Å². The van der Waals surface area contributed by atoms with E-state index in [9.17, 15) is 9.59 Å². The Bertz CT molecular complexity index is 814. The van der Waals surface area contributed by atoms with Gasteiger partial charge in [0, 0.05) is 17.7 Å². The Morgan fingerprint density at radius 3 is 2.03 bits per heavy atom. The van der Waals surface area contributed by atoms with Crippen LogP contribution < -0.4 is 20.1 Å². The van der Waals surface area contributed by atoms with Crippen molar-refractivity contribution in [2.45, 2.75) is 45.7 Å². The molecule has 2 atom stereocenters. The molecular formula is C24H32N2O4. The third-order valence-corrected chi connectivity index (χ3v) is 4.95. The predicted octanol–water partition coefficient (Wildman–Crippen LogP) is 3.60. The molecule has 2 N–H and O–H groups in total. The van der Waals surface area contributed by atoms with Gasteiger partial charge in [0.25, 0.3) is 5.91 Å². The zero-order valence-electron chi connectivity index (χ0n) is 18.4. The number of methoxy groups -OCH3 is 2. The van der Waals surface area contributed by atoms with Crippen molar-refractivity contribution in [3.63, 3.8) is 0 Å².